The minimum atomic E-state index is -5.91. The maximum Gasteiger partial charge on any atom is 0.416 e. The second-order valence-corrected chi connectivity index (χ2v) is 23.7. The van der Waals surface area contributed by atoms with Gasteiger partial charge in [-0.3, -0.25) is 9.59 Å². The Morgan fingerprint density at radius 1 is 0.386 bits per heavy atom. The number of hydrogen-bond acceptors (Lipinski definition) is 8. The molecule has 1 aliphatic rings. The molecule has 0 aromatic heterocycles. The molecular weight excluding hydrogens is 1230 g/mol. The van der Waals surface area contributed by atoms with Crippen molar-refractivity contribution in [3.8, 4) is 0 Å². The van der Waals surface area contributed by atoms with Crippen LogP contribution in [0.4, 0.5) is 105 Å². The fraction of sp³-hybridized carbons (Fsp3) is 0.469. The van der Waals surface area contributed by atoms with Gasteiger partial charge in [0, 0.05) is 28.3 Å². The van der Waals surface area contributed by atoms with E-state index >= 15 is 0 Å². The zero-order valence-electron chi connectivity index (χ0n) is 42.8. The predicted molar refractivity (Wildman–Crippen MR) is 243 cm³/mol. The third kappa shape index (κ3) is 17.3. The number of carbonyl (C=O) groups excluding carboxylic acids is 2. The summed E-state index contributed by atoms with van der Waals surface area (Å²) in [6.45, 7) is 5.17. The molecule has 0 N–H and O–H groups in total. The maximum absolute atomic E-state index is 14.6. The molecule has 5 atom stereocenters. The van der Waals surface area contributed by atoms with Crippen LogP contribution in [-0.4, -0.2) is 56.4 Å². The number of carbonyl (C=O) groups is 2. The van der Waals surface area contributed by atoms with E-state index < -0.39 is 216 Å². The number of benzene rings is 4. The van der Waals surface area contributed by atoms with E-state index in [1.165, 1.54) is 0 Å². The second kappa shape index (κ2) is 23.6. The van der Waals surface area contributed by atoms with E-state index in [1.54, 1.807) is 0 Å². The molecule has 1 heterocycles. The van der Waals surface area contributed by atoms with Crippen LogP contribution in [0.5, 0.6) is 0 Å². The van der Waals surface area contributed by atoms with Gasteiger partial charge in [0.1, 0.15) is 24.9 Å². The lowest BCUT2D eigenvalue weighted by Gasteiger charge is -2.47. The van der Waals surface area contributed by atoms with Gasteiger partial charge in [-0.25, -0.2) is 0 Å². The quantitative estimate of drug-likeness (QED) is 0.0787. The SMILES string of the molecule is CO[C@H]1O[C@H](COC(=O)C(C)(C)C)[C@@H](OP(c2cc(C(F)(F)F)cc(C(F)(F)F)c2)c2cc(C(F)(F)F)cc(C(F)(F)F)c2)[C@H](OP(c2cc(C(F)(F)F)cc(C(F)(F)F)c2)c2cc(C(F)(F)F)cc(C(F)(F)F)c2)[C@H]1OC(=O)C(C)(C)C. The Morgan fingerprint density at radius 2 is 0.627 bits per heavy atom. The molecule has 4 aromatic rings. The summed E-state index contributed by atoms with van der Waals surface area (Å²) in [5.41, 5.74) is -22.3. The van der Waals surface area contributed by atoms with Gasteiger partial charge in [0.15, 0.2) is 12.4 Å². The number of rotatable bonds is 12. The topological polar surface area (TPSA) is 89.5 Å². The average molecular weight is 1270 g/mol. The molecule has 4 aromatic carbocycles. The normalized spacial score (nSPS) is 19.4. The van der Waals surface area contributed by atoms with E-state index in [2.05, 4.69) is 0 Å². The lowest BCUT2D eigenvalue weighted by atomic mass is 9.95. The van der Waals surface area contributed by atoms with E-state index in [0.717, 1.165) is 41.5 Å². The van der Waals surface area contributed by atoms with Gasteiger partial charge in [0.2, 0.25) is 0 Å². The predicted octanol–water partition coefficient (Wildman–Crippen LogP) is 14.9. The zero-order chi connectivity index (χ0) is 63.6. The van der Waals surface area contributed by atoms with Gasteiger partial charge in [0.05, 0.1) is 71.6 Å². The Labute approximate surface area is 455 Å². The van der Waals surface area contributed by atoms with Gasteiger partial charge in [-0.1, -0.05) is 0 Å². The molecule has 0 aliphatic carbocycles. The highest BCUT2D eigenvalue weighted by atomic mass is 31.1. The monoisotopic (exact) mass is 1270 g/mol. The first-order chi connectivity index (χ1) is 37.2. The molecule has 1 aliphatic heterocycles. The summed E-state index contributed by atoms with van der Waals surface area (Å²) in [6, 6.07) is -4.61. The minimum Gasteiger partial charge on any atom is -0.462 e. The molecule has 8 nitrogen and oxygen atoms in total. The highest BCUT2D eigenvalue weighted by Gasteiger charge is 2.55. The molecule has 0 saturated carbocycles. The van der Waals surface area contributed by atoms with Crippen LogP contribution in [0.2, 0.25) is 0 Å². The minimum absolute atomic E-state index is 0.285. The summed E-state index contributed by atoms with van der Waals surface area (Å²) >= 11 is 0. The third-order valence-electron chi connectivity index (χ3n) is 11.4. The molecule has 0 unspecified atom stereocenters. The third-order valence-corrected chi connectivity index (χ3v) is 15.2. The van der Waals surface area contributed by atoms with Crippen molar-refractivity contribution in [1.82, 2.24) is 0 Å². The Hall–Kier alpha value is -5.16. The second-order valence-electron chi connectivity index (χ2n) is 20.0. The summed E-state index contributed by atoms with van der Waals surface area (Å²) in [7, 11) is -8.16. The number of hydrogen-bond donors (Lipinski definition) is 0. The van der Waals surface area contributed by atoms with Gasteiger partial charge >= 0.3 is 61.3 Å². The van der Waals surface area contributed by atoms with Crippen molar-refractivity contribution in [1.29, 1.82) is 0 Å². The summed E-state index contributed by atoms with van der Waals surface area (Å²) in [6.07, 6.45) is -61.2. The van der Waals surface area contributed by atoms with Gasteiger partial charge < -0.3 is 28.0 Å². The molecule has 0 amide bonds. The Bertz CT molecular complexity index is 2700. The Morgan fingerprint density at radius 3 is 0.843 bits per heavy atom. The lowest BCUT2D eigenvalue weighted by Crippen LogP contribution is -2.62. The van der Waals surface area contributed by atoms with Crippen molar-refractivity contribution < 1.29 is 143 Å². The number of halogens is 24. The smallest absolute Gasteiger partial charge is 0.416 e. The van der Waals surface area contributed by atoms with E-state index in [-0.39, 0.29) is 48.5 Å². The fourth-order valence-electron chi connectivity index (χ4n) is 7.26. The molecule has 0 radical (unpaired) electrons. The van der Waals surface area contributed by atoms with Crippen molar-refractivity contribution in [2.45, 2.75) is 122 Å². The fourth-order valence-corrected chi connectivity index (χ4v) is 11.4. The van der Waals surface area contributed by atoms with E-state index in [1.807, 2.05) is 0 Å². The molecule has 34 heteroatoms. The summed E-state index contributed by atoms with van der Waals surface area (Å²) in [4.78, 5) is 27.2. The van der Waals surface area contributed by atoms with Gasteiger partial charge in [-0.05, 0) is 114 Å². The van der Waals surface area contributed by atoms with Gasteiger partial charge in [-0.2, -0.15) is 105 Å². The molecule has 1 fully saturated rings. The van der Waals surface area contributed by atoms with E-state index in [0.29, 0.717) is 7.11 Å². The van der Waals surface area contributed by atoms with Crippen LogP contribution in [-0.2, 0) is 87.0 Å². The summed E-state index contributed by atoms with van der Waals surface area (Å²) < 4.78 is 384. The molecule has 0 bridgehead atoms. The standard InChI is InChI=1S/C49H40F24O8P2/c1-40(2,3)38(74)77-20-33-34(80-82(29-12-21(42(50,51)52)8-22(13-29)43(53,54)55)30-14-23(44(56,57)58)9-24(15-30)45(59,60)61)35(36(37(76-7)78-33)79-39(75)41(4,5)6)81-83(31-16-25(46(62,63)64)10-26(17-31)47(65,66)67)32-18-27(48(68,69)70)11-28(19-32)49(71,72)73/h8-19,33-37H,20H2,1-7H3/t33-,34-,35+,36-,37+/m1/s1. The number of ether oxygens (including phenoxy) is 4. The van der Waals surface area contributed by atoms with Gasteiger partial charge in [-0.15, -0.1) is 0 Å². The van der Waals surface area contributed by atoms with Crippen LogP contribution >= 0.6 is 16.3 Å². The maximum atomic E-state index is 14.6. The highest BCUT2D eigenvalue weighted by molar-refractivity contribution is 7.69. The van der Waals surface area contributed by atoms with E-state index in [4.69, 9.17) is 28.0 Å². The van der Waals surface area contributed by atoms with Crippen LogP contribution in [0.25, 0.3) is 0 Å². The van der Waals surface area contributed by atoms with Crippen molar-refractivity contribution in [2.24, 2.45) is 10.8 Å². The first-order valence-electron chi connectivity index (χ1n) is 22.9. The van der Waals surface area contributed by atoms with E-state index in [9.17, 15) is 115 Å². The molecule has 83 heavy (non-hydrogen) atoms. The van der Waals surface area contributed by atoms with Crippen LogP contribution in [0.3, 0.4) is 0 Å². The zero-order valence-corrected chi connectivity index (χ0v) is 44.5. The van der Waals surface area contributed by atoms with Crippen LogP contribution < -0.4 is 21.2 Å². The number of methoxy groups -OCH3 is 1. The van der Waals surface area contributed by atoms with Crippen molar-refractivity contribution in [3.05, 3.63) is 117 Å². The van der Waals surface area contributed by atoms with Gasteiger partial charge in [0.25, 0.3) is 0 Å². The first-order valence-corrected chi connectivity index (χ1v) is 25.4. The van der Waals surface area contributed by atoms with Crippen LogP contribution in [0, 0.1) is 10.8 Å². The Balaban J connectivity index is 2.08. The summed E-state index contributed by atoms with van der Waals surface area (Å²) in [5, 5.41) is -6.63. The van der Waals surface area contributed by atoms with Crippen molar-refractivity contribution in [3.63, 3.8) is 0 Å². The highest BCUT2D eigenvalue weighted by Crippen LogP contribution is 2.51. The Kier molecular flexibility index (Phi) is 19.5. The summed E-state index contributed by atoms with van der Waals surface area (Å²) in [5.74, 6) is -2.85. The number of esters is 2. The molecular formula is C49H40F24O8P2. The number of alkyl halides is 24. The van der Waals surface area contributed by atoms with Crippen molar-refractivity contribution >= 4 is 49.5 Å². The average Bonchev–Trinajstić information content (AvgIpc) is 3.34. The van der Waals surface area contributed by atoms with Crippen LogP contribution in [0.1, 0.15) is 86.1 Å². The molecule has 5 rings (SSSR count). The molecule has 1 saturated heterocycles. The molecule has 462 valence electrons. The lowest BCUT2D eigenvalue weighted by molar-refractivity contribution is -0.291. The van der Waals surface area contributed by atoms with Crippen LogP contribution in [0.15, 0.2) is 72.8 Å². The van der Waals surface area contributed by atoms with Crippen molar-refractivity contribution in [2.75, 3.05) is 13.7 Å². The largest absolute Gasteiger partial charge is 0.462 e. The first kappa shape index (κ1) is 68.6. The molecule has 0 spiro atoms.